The number of carbonyl (C=O) groups is 2. The third-order valence-corrected chi connectivity index (χ3v) is 3.52. The smallest absolute Gasteiger partial charge is 0.317 e. The largest absolute Gasteiger partial charge is 0.481 e. The predicted molar refractivity (Wildman–Crippen MR) is 63.7 cm³/mol. The van der Waals surface area contributed by atoms with Gasteiger partial charge in [0.05, 0.1) is 6.42 Å². The molecule has 92 valence electrons. The first-order valence-corrected chi connectivity index (χ1v) is 6.42. The van der Waals surface area contributed by atoms with E-state index in [0.717, 1.165) is 18.8 Å². The quantitative estimate of drug-likeness (QED) is 0.779. The Hall–Kier alpha value is -0.910. The second-order valence-corrected chi connectivity index (χ2v) is 5.62. The van der Waals surface area contributed by atoms with Gasteiger partial charge in [0, 0.05) is 30.1 Å². The summed E-state index contributed by atoms with van der Waals surface area (Å²) in [7, 11) is 0. The Morgan fingerprint density at radius 2 is 2.31 bits per heavy atom. The minimum atomic E-state index is -0.893. The molecule has 1 aliphatic heterocycles. The molecule has 0 bridgehead atoms. The van der Waals surface area contributed by atoms with Crippen LogP contribution in [0.3, 0.4) is 0 Å². The fourth-order valence-electron chi connectivity index (χ4n) is 1.62. The zero-order valence-electron chi connectivity index (χ0n) is 9.60. The molecular formula is C10H18N2O3S. The van der Waals surface area contributed by atoms with Crippen LogP contribution < -0.4 is 5.32 Å². The molecule has 1 aliphatic rings. The molecule has 2 atom stereocenters. The first-order chi connectivity index (χ1) is 7.49. The Kier molecular flexibility index (Phi) is 4.92. The van der Waals surface area contributed by atoms with E-state index in [9.17, 15) is 9.59 Å². The second kappa shape index (κ2) is 5.98. The predicted octanol–water partition coefficient (Wildman–Crippen LogP) is 0.997. The number of amides is 2. The van der Waals surface area contributed by atoms with E-state index in [1.165, 1.54) is 0 Å². The highest BCUT2D eigenvalue weighted by molar-refractivity contribution is 7.99. The van der Waals surface area contributed by atoms with E-state index < -0.39 is 5.97 Å². The maximum atomic E-state index is 11.7. The number of hydrogen-bond donors (Lipinski definition) is 2. The maximum absolute atomic E-state index is 11.7. The van der Waals surface area contributed by atoms with Crippen LogP contribution in [-0.2, 0) is 4.79 Å². The lowest BCUT2D eigenvalue weighted by Gasteiger charge is -2.31. The minimum Gasteiger partial charge on any atom is -0.481 e. The van der Waals surface area contributed by atoms with Gasteiger partial charge in [-0.05, 0) is 6.92 Å². The fraction of sp³-hybridized carbons (Fsp3) is 0.800. The zero-order valence-corrected chi connectivity index (χ0v) is 10.4. The molecule has 0 spiro atoms. The molecule has 0 saturated carbocycles. The molecule has 0 aromatic heterocycles. The topological polar surface area (TPSA) is 69.6 Å². The lowest BCUT2D eigenvalue weighted by atomic mass is 10.2. The van der Waals surface area contributed by atoms with E-state index in [-0.39, 0.29) is 18.5 Å². The van der Waals surface area contributed by atoms with Crippen molar-refractivity contribution in [3.8, 4) is 0 Å². The molecule has 1 saturated heterocycles. The zero-order chi connectivity index (χ0) is 12.1. The number of thioether (sulfide) groups is 1. The van der Waals surface area contributed by atoms with Gasteiger partial charge in [-0.1, -0.05) is 6.92 Å². The van der Waals surface area contributed by atoms with Crippen LogP contribution in [0.2, 0.25) is 0 Å². The summed E-state index contributed by atoms with van der Waals surface area (Å²) in [6.45, 7) is 5.26. The van der Waals surface area contributed by atoms with Gasteiger partial charge >= 0.3 is 12.0 Å². The van der Waals surface area contributed by atoms with Gasteiger partial charge in [0.25, 0.3) is 0 Å². The molecule has 16 heavy (non-hydrogen) atoms. The number of hydrogen-bond acceptors (Lipinski definition) is 3. The summed E-state index contributed by atoms with van der Waals surface area (Å²) in [5.41, 5.74) is 0. The Balaban J connectivity index is 2.36. The normalized spacial score (nSPS) is 22.6. The van der Waals surface area contributed by atoms with Gasteiger partial charge in [0.15, 0.2) is 0 Å². The molecule has 5 nitrogen and oxygen atoms in total. The minimum absolute atomic E-state index is 0.0378. The van der Waals surface area contributed by atoms with Crippen molar-refractivity contribution in [3.63, 3.8) is 0 Å². The number of carboxylic acids is 1. The van der Waals surface area contributed by atoms with E-state index in [4.69, 9.17) is 5.11 Å². The number of carbonyl (C=O) groups excluding carboxylic acids is 1. The molecule has 1 fully saturated rings. The van der Waals surface area contributed by atoms with Gasteiger partial charge in [-0.2, -0.15) is 11.8 Å². The SMILES string of the molecule is CC(CC(=O)O)NC(=O)N1CCSC(C)C1. The van der Waals surface area contributed by atoms with E-state index in [0.29, 0.717) is 5.25 Å². The Morgan fingerprint density at radius 3 is 2.88 bits per heavy atom. The van der Waals surface area contributed by atoms with Gasteiger partial charge in [0.1, 0.15) is 0 Å². The van der Waals surface area contributed by atoms with E-state index >= 15 is 0 Å². The van der Waals surface area contributed by atoms with Crippen molar-refractivity contribution in [1.82, 2.24) is 10.2 Å². The summed E-state index contributed by atoms with van der Waals surface area (Å²) in [5.74, 6) is 0.0531. The second-order valence-electron chi connectivity index (χ2n) is 4.08. The van der Waals surface area contributed by atoms with Crippen LogP contribution in [0.1, 0.15) is 20.3 Å². The standard InChI is InChI=1S/C10H18N2O3S/c1-7(5-9(13)14)11-10(15)12-3-4-16-8(2)6-12/h7-8H,3-6H2,1-2H3,(H,11,15)(H,13,14). The molecule has 0 aromatic rings. The Labute approximate surface area is 99.6 Å². The molecule has 2 amide bonds. The van der Waals surface area contributed by atoms with Gasteiger partial charge in [-0.25, -0.2) is 4.79 Å². The van der Waals surface area contributed by atoms with Crippen LogP contribution in [0.15, 0.2) is 0 Å². The Morgan fingerprint density at radius 1 is 1.62 bits per heavy atom. The molecule has 0 aromatic carbocycles. The lowest BCUT2D eigenvalue weighted by molar-refractivity contribution is -0.137. The van der Waals surface area contributed by atoms with Crippen molar-refractivity contribution < 1.29 is 14.7 Å². The number of nitrogens with one attached hydrogen (secondary N) is 1. The van der Waals surface area contributed by atoms with Crippen molar-refractivity contribution >= 4 is 23.8 Å². The summed E-state index contributed by atoms with van der Waals surface area (Å²) >= 11 is 1.85. The molecular weight excluding hydrogens is 228 g/mol. The average Bonchev–Trinajstić information content (AvgIpc) is 2.16. The average molecular weight is 246 g/mol. The van der Waals surface area contributed by atoms with Gasteiger partial charge in [0.2, 0.25) is 0 Å². The fourth-order valence-corrected chi connectivity index (χ4v) is 2.63. The lowest BCUT2D eigenvalue weighted by Crippen LogP contribution is -2.49. The summed E-state index contributed by atoms with van der Waals surface area (Å²) in [6.07, 6.45) is -0.0378. The summed E-state index contributed by atoms with van der Waals surface area (Å²) in [5, 5.41) is 11.7. The van der Waals surface area contributed by atoms with Gasteiger partial charge < -0.3 is 15.3 Å². The summed E-state index contributed by atoms with van der Waals surface area (Å²) in [6, 6.07) is -0.476. The van der Waals surface area contributed by atoms with E-state index in [1.807, 2.05) is 11.8 Å². The van der Waals surface area contributed by atoms with E-state index in [1.54, 1.807) is 11.8 Å². The van der Waals surface area contributed by atoms with Crippen molar-refractivity contribution in [2.24, 2.45) is 0 Å². The van der Waals surface area contributed by atoms with Crippen molar-refractivity contribution in [1.29, 1.82) is 0 Å². The number of nitrogens with zero attached hydrogens (tertiary/aromatic N) is 1. The molecule has 0 radical (unpaired) electrons. The van der Waals surface area contributed by atoms with Crippen LogP contribution in [0.4, 0.5) is 4.79 Å². The van der Waals surface area contributed by atoms with Crippen molar-refractivity contribution in [3.05, 3.63) is 0 Å². The number of aliphatic carboxylic acids is 1. The molecule has 1 rings (SSSR count). The molecule has 0 aliphatic carbocycles. The maximum Gasteiger partial charge on any atom is 0.317 e. The first kappa shape index (κ1) is 13.2. The highest BCUT2D eigenvalue weighted by Crippen LogP contribution is 2.17. The van der Waals surface area contributed by atoms with Crippen LogP contribution >= 0.6 is 11.8 Å². The Bertz CT molecular complexity index is 273. The monoisotopic (exact) mass is 246 g/mol. The number of rotatable bonds is 3. The molecule has 1 heterocycles. The molecule has 6 heteroatoms. The third kappa shape index (κ3) is 4.30. The number of urea groups is 1. The van der Waals surface area contributed by atoms with Gasteiger partial charge in [-0.15, -0.1) is 0 Å². The summed E-state index contributed by atoms with van der Waals surface area (Å²) < 4.78 is 0. The molecule has 2 unspecified atom stereocenters. The van der Waals surface area contributed by atoms with Crippen LogP contribution in [0.5, 0.6) is 0 Å². The highest BCUT2D eigenvalue weighted by atomic mass is 32.2. The van der Waals surface area contributed by atoms with Crippen LogP contribution in [-0.4, -0.2) is 52.1 Å². The third-order valence-electron chi connectivity index (χ3n) is 2.38. The first-order valence-electron chi connectivity index (χ1n) is 5.38. The van der Waals surface area contributed by atoms with Crippen LogP contribution in [0.25, 0.3) is 0 Å². The van der Waals surface area contributed by atoms with Crippen molar-refractivity contribution in [2.75, 3.05) is 18.8 Å². The molecule has 2 N–H and O–H groups in total. The van der Waals surface area contributed by atoms with Crippen molar-refractivity contribution in [2.45, 2.75) is 31.6 Å². The van der Waals surface area contributed by atoms with E-state index in [2.05, 4.69) is 12.2 Å². The number of carboxylic acid groups (broad SMARTS) is 1. The summed E-state index contributed by atoms with van der Waals surface area (Å²) in [4.78, 5) is 23.9. The van der Waals surface area contributed by atoms with Gasteiger partial charge in [-0.3, -0.25) is 4.79 Å². The van der Waals surface area contributed by atoms with Crippen LogP contribution in [0, 0.1) is 0 Å². The highest BCUT2D eigenvalue weighted by Gasteiger charge is 2.22.